The molecule has 0 bridgehead atoms. The van der Waals surface area contributed by atoms with Gasteiger partial charge in [-0.2, -0.15) is 4.73 Å². The van der Waals surface area contributed by atoms with Crippen LogP contribution in [0.1, 0.15) is 17.4 Å². The van der Waals surface area contributed by atoms with Crippen LogP contribution in [0.4, 0.5) is 11.4 Å². The molecule has 26 heavy (non-hydrogen) atoms. The van der Waals surface area contributed by atoms with Crippen molar-refractivity contribution in [2.24, 2.45) is 0 Å². The van der Waals surface area contributed by atoms with Crippen molar-refractivity contribution in [3.63, 3.8) is 0 Å². The number of rotatable bonds is 6. The minimum absolute atomic E-state index is 0.0812. The van der Waals surface area contributed by atoms with Gasteiger partial charge in [-0.1, -0.05) is 0 Å². The number of anilines is 1. The summed E-state index contributed by atoms with van der Waals surface area (Å²) in [6, 6.07) is 8.03. The Balaban J connectivity index is 2.11. The van der Waals surface area contributed by atoms with Crippen molar-refractivity contribution in [3.8, 4) is 5.75 Å². The van der Waals surface area contributed by atoms with E-state index in [9.17, 15) is 24.9 Å². The first-order valence-corrected chi connectivity index (χ1v) is 7.36. The Morgan fingerprint density at radius 3 is 2.62 bits per heavy atom. The lowest BCUT2D eigenvalue weighted by Crippen LogP contribution is -2.37. The topological polar surface area (TPSA) is 135 Å². The van der Waals surface area contributed by atoms with Gasteiger partial charge in [-0.05, 0) is 25.1 Å². The summed E-state index contributed by atoms with van der Waals surface area (Å²) in [5, 5.41) is 24.9. The van der Waals surface area contributed by atoms with E-state index in [-0.39, 0.29) is 22.8 Å². The Hall–Kier alpha value is -3.69. The normalized spacial score (nSPS) is 11.3. The molecule has 136 valence electrons. The maximum atomic E-state index is 12.2. The monoisotopic (exact) mass is 361 g/mol. The van der Waals surface area contributed by atoms with E-state index in [1.54, 1.807) is 0 Å². The fourth-order valence-electron chi connectivity index (χ4n) is 1.99. The Bertz CT molecular complexity index is 853. The number of benzene rings is 1. The van der Waals surface area contributed by atoms with Gasteiger partial charge in [0.2, 0.25) is 0 Å². The molecule has 0 fully saturated rings. The molecule has 0 aliphatic heterocycles. The predicted octanol–water partition coefficient (Wildman–Crippen LogP) is 1.42. The molecule has 0 radical (unpaired) electrons. The molecule has 2 rings (SSSR count). The minimum Gasteiger partial charge on any atom is -0.618 e. The predicted molar refractivity (Wildman–Crippen MR) is 88.6 cm³/mol. The number of nitrogens with one attached hydrogen (secondary N) is 1. The van der Waals surface area contributed by atoms with Crippen molar-refractivity contribution in [1.29, 1.82) is 0 Å². The third-order valence-corrected chi connectivity index (χ3v) is 3.35. The number of carbonyl (C=O) groups is 2. The first kappa shape index (κ1) is 18.6. The molecular formula is C16H15N3O7. The number of amides is 1. The molecule has 0 unspecified atom stereocenters. The second kappa shape index (κ2) is 7.92. The summed E-state index contributed by atoms with van der Waals surface area (Å²) in [6.45, 7) is 1.28. The standard InChI is InChI=1S/C16H15N3O7/c1-10(26-16(21)13-5-3-4-8-18(13)22)15(20)17-12-7-6-11(25-2)9-14(12)19(23)24/h3-10H,1-2H3,(H,17,20)/t10-/m1/s1. The fourth-order valence-corrected chi connectivity index (χ4v) is 1.99. The SMILES string of the molecule is COc1ccc(NC(=O)[C@@H](C)OC(=O)c2cccc[n+]2[O-])c([N+](=O)[O-])c1. The molecule has 0 saturated carbocycles. The van der Waals surface area contributed by atoms with Crippen LogP contribution in [0.2, 0.25) is 0 Å². The van der Waals surface area contributed by atoms with Crippen LogP contribution in [0.25, 0.3) is 0 Å². The number of hydrogen-bond donors (Lipinski definition) is 1. The van der Waals surface area contributed by atoms with Crippen LogP contribution in [-0.4, -0.2) is 30.0 Å². The zero-order valence-electron chi connectivity index (χ0n) is 13.9. The van der Waals surface area contributed by atoms with E-state index >= 15 is 0 Å². The van der Waals surface area contributed by atoms with Crippen molar-refractivity contribution in [2.45, 2.75) is 13.0 Å². The van der Waals surface area contributed by atoms with Crippen molar-refractivity contribution < 1.29 is 28.7 Å². The molecule has 0 saturated heterocycles. The average molecular weight is 361 g/mol. The van der Waals surface area contributed by atoms with E-state index in [0.29, 0.717) is 4.73 Å². The molecule has 2 aromatic rings. The number of nitro groups is 1. The van der Waals surface area contributed by atoms with Gasteiger partial charge in [0.25, 0.3) is 11.6 Å². The number of aromatic nitrogens is 1. The number of esters is 1. The fraction of sp³-hybridized carbons (Fsp3) is 0.188. The van der Waals surface area contributed by atoms with Crippen molar-refractivity contribution in [1.82, 2.24) is 0 Å². The van der Waals surface area contributed by atoms with Gasteiger partial charge in [0.15, 0.2) is 12.3 Å². The number of ether oxygens (including phenoxy) is 2. The van der Waals surface area contributed by atoms with E-state index < -0.39 is 22.9 Å². The number of methoxy groups -OCH3 is 1. The highest BCUT2D eigenvalue weighted by Crippen LogP contribution is 2.29. The third-order valence-electron chi connectivity index (χ3n) is 3.35. The summed E-state index contributed by atoms with van der Waals surface area (Å²) in [4.78, 5) is 34.5. The first-order valence-electron chi connectivity index (χ1n) is 7.36. The van der Waals surface area contributed by atoms with Gasteiger partial charge in [-0.25, -0.2) is 4.79 Å². The molecule has 10 nitrogen and oxygen atoms in total. The number of nitrogens with zero attached hydrogens (tertiary/aromatic N) is 2. The molecule has 1 N–H and O–H groups in total. The highest BCUT2D eigenvalue weighted by atomic mass is 16.6. The zero-order valence-corrected chi connectivity index (χ0v) is 13.9. The average Bonchev–Trinajstić information content (AvgIpc) is 2.61. The van der Waals surface area contributed by atoms with Crippen molar-refractivity contribution in [2.75, 3.05) is 12.4 Å². The van der Waals surface area contributed by atoms with Crippen molar-refractivity contribution in [3.05, 3.63) is 63.6 Å². The maximum absolute atomic E-state index is 12.2. The van der Waals surface area contributed by atoms with E-state index in [1.165, 1.54) is 44.4 Å². The van der Waals surface area contributed by atoms with Gasteiger partial charge < -0.3 is 20.0 Å². The summed E-state index contributed by atoms with van der Waals surface area (Å²) in [5.41, 5.74) is -0.749. The van der Waals surface area contributed by atoms with E-state index in [4.69, 9.17) is 9.47 Å². The lowest BCUT2D eigenvalue weighted by Gasteiger charge is -2.13. The smallest absolute Gasteiger partial charge is 0.405 e. The summed E-state index contributed by atoms with van der Waals surface area (Å²) in [6.07, 6.45) is -0.174. The van der Waals surface area contributed by atoms with Crippen LogP contribution in [0.3, 0.4) is 0 Å². The van der Waals surface area contributed by atoms with Crippen LogP contribution < -0.4 is 14.8 Å². The molecule has 1 amide bonds. The number of hydrogen-bond acceptors (Lipinski definition) is 7. The van der Waals surface area contributed by atoms with E-state index in [1.807, 2.05) is 0 Å². The van der Waals surface area contributed by atoms with Gasteiger partial charge in [-0.3, -0.25) is 14.9 Å². The van der Waals surface area contributed by atoms with Gasteiger partial charge in [0.1, 0.15) is 11.4 Å². The summed E-state index contributed by atoms with van der Waals surface area (Å²) >= 11 is 0. The quantitative estimate of drug-likeness (QED) is 0.270. The van der Waals surface area contributed by atoms with Crippen molar-refractivity contribution >= 4 is 23.3 Å². The van der Waals surface area contributed by atoms with Gasteiger partial charge >= 0.3 is 11.7 Å². The molecule has 1 aromatic heterocycles. The first-order chi connectivity index (χ1) is 12.3. The number of nitro benzene ring substituents is 1. The Labute approximate surface area is 147 Å². The highest BCUT2D eigenvalue weighted by Gasteiger charge is 2.25. The molecule has 1 atom stereocenters. The minimum atomic E-state index is -1.29. The molecule has 1 heterocycles. The summed E-state index contributed by atoms with van der Waals surface area (Å²) < 4.78 is 10.1. The van der Waals surface area contributed by atoms with Crippen LogP contribution in [0.15, 0.2) is 42.6 Å². The molecule has 0 spiro atoms. The number of carbonyl (C=O) groups excluding carboxylic acids is 2. The summed E-state index contributed by atoms with van der Waals surface area (Å²) in [5.74, 6) is -1.54. The van der Waals surface area contributed by atoms with Gasteiger partial charge in [-0.15, -0.1) is 0 Å². The molecular weight excluding hydrogens is 346 g/mol. The van der Waals surface area contributed by atoms with Crippen LogP contribution in [0.5, 0.6) is 5.75 Å². The Morgan fingerprint density at radius 1 is 1.27 bits per heavy atom. The second-order valence-electron chi connectivity index (χ2n) is 5.09. The highest BCUT2D eigenvalue weighted by molar-refractivity contribution is 5.98. The zero-order chi connectivity index (χ0) is 19.3. The van der Waals surface area contributed by atoms with Gasteiger partial charge in [0.05, 0.1) is 18.1 Å². The largest absolute Gasteiger partial charge is 0.618 e. The second-order valence-corrected chi connectivity index (χ2v) is 5.09. The maximum Gasteiger partial charge on any atom is 0.405 e. The van der Waals surface area contributed by atoms with Crippen LogP contribution >= 0.6 is 0 Å². The van der Waals surface area contributed by atoms with Gasteiger partial charge in [0, 0.05) is 12.1 Å². The van der Waals surface area contributed by atoms with E-state index in [0.717, 1.165) is 12.3 Å². The van der Waals surface area contributed by atoms with E-state index in [2.05, 4.69) is 5.32 Å². The summed E-state index contributed by atoms with van der Waals surface area (Å²) in [7, 11) is 1.35. The lowest BCUT2D eigenvalue weighted by atomic mass is 10.2. The third kappa shape index (κ3) is 4.23. The Kier molecular flexibility index (Phi) is 5.68. The molecule has 0 aliphatic rings. The molecule has 0 aliphatic carbocycles. The molecule has 10 heteroatoms. The Morgan fingerprint density at radius 2 is 2.00 bits per heavy atom. The number of pyridine rings is 1. The lowest BCUT2D eigenvalue weighted by molar-refractivity contribution is -0.608. The van der Waals surface area contributed by atoms with Crippen LogP contribution in [0, 0.1) is 15.3 Å². The molecule has 1 aromatic carbocycles. The van der Waals surface area contributed by atoms with Crippen LogP contribution in [-0.2, 0) is 9.53 Å².